The molecule has 0 spiro atoms. The third-order valence-electron chi connectivity index (χ3n) is 5.56. The van der Waals surface area contributed by atoms with Gasteiger partial charge in [0.25, 0.3) is 0 Å². The van der Waals surface area contributed by atoms with E-state index in [-0.39, 0.29) is 12.3 Å². The van der Waals surface area contributed by atoms with Crippen LogP contribution in [0, 0.1) is 25.7 Å². The third kappa shape index (κ3) is 5.24. The molecule has 0 aliphatic rings. The van der Waals surface area contributed by atoms with Gasteiger partial charge in [-0.1, -0.05) is 47.9 Å². The summed E-state index contributed by atoms with van der Waals surface area (Å²) in [4.78, 5) is 15.9. The molecule has 0 fully saturated rings. The Labute approximate surface area is 193 Å². The number of pyridine rings is 1. The zero-order valence-electron chi connectivity index (χ0n) is 19.0. The van der Waals surface area contributed by atoms with E-state index in [9.17, 15) is 4.79 Å². The maximum atomic E-state index is 11.1. The molecule has 5 nitrogen and oxygen atoms in total. The zero-order chi connectivity index (χ0) is 23.4. The standard InChI is InChI=1S/C28H26N2O3/c1-4-5-23(15-28(31)32)22-8-10-24(11-9-22)33-18-21-7-13-27-29-26(17-30(27)16-21)25-12-6-19(2)14-20(25)3/h6-14,16-17,23H,15,18H2,1-3H3,(H,31,32). The van der Waals surface area contributed by atoms with Crippen LogP contribution >= 0.6 is 0 Å². The molecule has 0 saturated carbocycles. The fraction of sp³-hybridized carbons (Fsp3) is 0.214. The first kappa shape index (κ1) is 22.2. The highest BCUT2D eigenvalue weighted by atomic mass is 16.5. The molecular weight excluding hydrogens is 412 g/mol. The molecule has 0 bridgehead atoms. The number of imidazole rings is 1. The number of carboxylic acids is 1. The van der Waals surface area contributed by atoms with Gasteiger partial charge in [-0.15, -0.1) is 5.92 Å². The molecule has 0 aliphatic carbocycles. The average molecular weight is 439 g/mol. The molecule has 0 amide bonds. The van der Waals surface area contributed by atoms with Gasteiger partial charge in [-0.05, 0) is 50.1 Å². The van der Waals surface area contributed by atoms with Crippen LogP contribution in [0.1, 0.15) is 41.5 Å². The number of aromatic nitrogens is 2. The molecule has 166 valence electrons. The van der Waals surface area contributed by atoms with Gasteiger partial charge in [0, 0.05) is 23.5 Å². The number of hydrogen-bond donors (Lipinski definition) is 1. The molecule has 1 unspecified atom stereocenters. The second kappa shape index (κ2) is 9.62. The van der Waals surface area contributed by atoms with Crippen molar-refractivity contribution in [1.82, 2.24) is 9.38 Å². The number of carboxylic acid groups (broad SMARTS) is 1. The molecule has 4 rings (SSSR count). The van der Waals surface area contributed by atoms with Gasteiger partial charge in [-0.25, -0.2) is 4.98 Å². The highest BCUT2D eigenvalue weighted by molar-refractivity contribution is 5.69. The van der Waals surface area contributed by atoms with Crippen LogP contribution in [0.4, 0.5) is 0 Å². The van der Waals surface area contributed by atoms with E-state index in [2.05, 4.69) is 43.9 Å². The van der Waals surface area contributed by atoms with Crippen LogP contribution in [-0.4, -0.2) is 20.5 Å². The number of aryl methyl sites for hydroxylation is 2. The van der Waals surface area contributed by atoms with Crippen molar-refractivity contribution >= 4 is 11.6 Å². The Morgan fingerprint density at radius 2 is 1.88 bits per heavy atom. The largest absolute Gasteiger partial charge is 0.489 e. The van der Waals surface area contributed by atoms with Crippen LogP contribution in [0.3, 0.4) is 0 Å². The molecule has 0 saturated heterocycles. The van der Waals surface area contributed by atoms with Crippen LogP contribution in [-0.2, 0) is 11.4 Å². The zero-order valence-corrected chi connectivity index (χ0v) is 19.0. The van der Waals surface area contributed by atoms with E-state index in [1.54, 1.807) is 6.92 Å². The SMILES string of the molecule is CC#CC(CC(=O)O)c1ccc(OCc2ccc3nc(-c4ccc(C)cc4C)cn3c2)cc1. The Kier molecular flexibility index (Phi) is 6.46. The van der Waals surface area contributed by atoms with Crippen LogP contribution in [0.5, 0.6) is 5.75 Å². The van der Waals surface area contributed by atoms with Crippen LogP contribution < -0.4 is 4.74 Å². The summed E-state index contributed by atoms with van der Waals surface area (Å²) in [5.74, 6) is 5.31. The fourth-order valence-corrected chi connectivity index (χ4v) is 3.92. The summed E-state index contributed by atoms with van der Waals surface area (Å²) in [6, 6.07) is 17.9. The lowest BCUT2D eigenvalue weighted by atomic mass is 9.96. The predicted molar refractivity (Wildman–Crippen MR) is 129 cm³/mol. The van der Waals surface area contributed by atoms with Gasteiger partial charge >= 0.3 is 5.97 Å². The quantitative estimate of drug-likeness (QED) is 0.372. The number of rotatable bonds is 7. The Hall–Kier alpha value is -4.04. The summed E-state index contributed by atoms with van der Waals surface area (Å²) < 4.78 is 7.98. The van der Waals surface area contributed by atoms with Crippen molar-refractivity contribution in [2.45, 2.75) is 39.7 Å². The number of carbonyl (C=O) groups is 1. The Bertz CT molecular complexity index is 1360. The van der Waals surface area contributed by atoms with Crippen molar-refractivity contribution in [3.05, 3.63) is 89.2 Å². The predicted octanol–water partition coefficient (Wildman–Crippen LogP) is 5.78. The summed E-state index contributed by atoms with van der Waals surface area (Å²) in [6.45, 7) is 6.33. The molecule has 0 radical (unpaired) electrons. The highest BCUT2D eigenvalue weighted by Gasteiger charge is 2.13. The minimum Gasteiger partial charge on any atom is -0.489 e. The molecule has 2 aromatic heterocycles. The lowest BCUT2D eigenvalue weighted by molar-refractivity contribution is -0.137. The highest BCUT2D eigenvalue weighted by Crippen LogP contribution is 2.25. The number of nitrogens with zero attached hydrogens (tertiary/aromatic N) is 2. The lowest BCUT2D eigenvalue weighted by Crippen LogP contribution is -2.04. The van der Waals surface area contributed by atoms with E-state index in [1.807, 2.05) is 53.2 Å². The maximum Gasteiger partial charge on any atom is 0.304 e. The molecule has 1 N–H and O–H groups in total. The van der Waals surface area contributed by atoms with Gasteiger partial charge < -0.3 is 14.2 Å². The first-order valence-corrected chi connectivity index (χ1v) is 10.8. The van der Waals surface area contributed by atoms with Gasteiger partial charge in [0.1, 0.15) is 18.0 Å². The molecule has 33 heavy (non-hydrogen) atoms. The molecule has 5 heteroatoms. The van der Waals surface area contributed by atoms with Crippen molar-refractivity contribution < 1.29 is 14.6 Å². The average Bonchev–Trinajstić information content (AvgIpc) is 3.20. The summed E-state index contributed by atoms with van der Waals surface area (Å²) in [7, 11) is 0. The van der Waals surface area contributed by atoms with E-state index in [1.165, 1.54) is 11.1 Å². The van der Waals surface area contributed by atoms with Crippen LogP contribution in [0.2, 0.25) is 0 Å². The van der Waals surface area contributed by atoms with Gasteiger partial charge in [0.05, 0.1) is 18.0 Å². The Morgan fingerprint density at radius 3 is 2.58 bits per heavy atom. The first-order valence-electron chi connectivity index (χ1n) is 10.8. The Balaban J connectivity index is 1.47. The van der Waals surface area contributed by atoms with Crippen molar-refractivity contribution in [1.29, 1.82) is 0 Å². The molecular formula is C28H26N2O3. The number of aliphatic carboxylic acids is 1. The van der Waals surface area contributed by atoms with Gasteiger partial charge in [0.2, 0.25) is 0 Å². The number of ether oxygens (including phenoxy) is 1. The molecule has 4 aromatic rings. The minimum atomic E-state index is -0.862. The molecule has 2 heterocycles. The summed E-state index contributed by atoms with van der Waals surface area (Å²) in [5.41, 5.74) is 7.32. The first-order chi connectivity index (χ1) is 15.9. The van der Waals surface area contributed by atoms with E-state index < -0.39 is 5.97 Å². The van der Waals surface area contributed by atoms with Crippen molar-refractivity contribution in [3.8, 4) is 28.8 Å². The fourth-order valence-electron chi connectivity index (χ4n) is 3.92. The van der Waals surface area contributed by atoms with Crippen molar-refractivity contribution in [2.24, 2.45) is 0 Å². The second-order valence-corrected chi connectivity index (χ2v) is 8.15. The van der Waals surface area contributed by atoms with Crippen LogP contribution in [0.25, 0.3) is 16.9 Å². The molecule has 2 aromatic carbocycles. The molecule has 0 aliphatic heterocycles. The van der Waals surface area contributed by atoms with E-state index in [0.29, 0.717) is 6.61 Å². The monoisotopic (exact) mass is 438 g/mol. The summed E-state index contributed by atoms with van der Waals surface area (Å²) in [6.07, 6.45) is 4.06. The van der Waals surface area contributed by atoms with Crippen molar-refractivity contribution in [3.63, 3.8) is 0 Å². The summed E-state index contributed by atoms with van der Waals surface area (Å²) >= 11 is 0. The maximum absolute atomic E-state index is 11.1. The topological polar surface area (TPSA) is 63.8 Å². The summed E-state index contributed by atoms with van der Waals surface area (Å²) in [5, 5.41) is 9.10. The minimum absolute atomic E-state index is 0.0178. The normalized spacial score (nSPS) is 11.6. The van der Waals surface area contributed by atoms with E-state index >= 15 is 0 Å². The van der Waals surface area contributed by atoms with E-state index in [0.717, 1.165) is 33.8 Å². The van der Waals surface area contributed by atoms with Gasteiger partial charge in [-0.2, -0.15) is 0 Å². The Morgan fingerprint density at radius 1 is 1.09 bits per heavy atom. The third-order valence-corrected chi connectivity index (χ3v) is 5.56. The van der Waals surface area contributed by atoms with Crippen molar-refractivity contribution in [2.75, 3.05) is 0 Å². The lowest BCUT2D eigenvalue weighted by Gasteiger charge is -2.11. The number of benzene rings is 2. The second-order valence-electron chi connectivity index (χ2n) is 8.15. The van der Waals surface area contributed by atoms with Gasteiger partial charge in [-0.3, -0.25) is 4.79 Å². The van der Waals surface area contributed by atoms with Crippen LogP contribution in [0.15, 0.2) is 67.0 Å². The number of hydrogen-bond acceptors (Lipinski definition) is 3. The van der Waals surface area contributed by atoms with Gasteiger partial charge in [0.15, 0.2) is 0 Å². The molecule has 1 atom stereocenters. The number of fused-ring (bicyclic) bond motifs is 1. The van der Waals surface area contributed by atoms with E-state index in [4.69, 9.17) is 14.8 Å². The smallest absolute Gasteiger partial charge is 0.304 e.